The summed E-state index contributed by atoms with van der Waals surface area (Å²) in [5.74, 6) is 5.61. The molecule has 1 saturated heterocycles. The molecule has 2 heterocycles. The van der Waals surface area contributed by atoms with Crippen molar-refractivity contribution < 1.29 is 4.74 Å². The third kappa shape index (κ3) is 5.26. The summed E-state index contributed by atoms with van der Waals surface area (Å²) in [6.07, 6.45) is 1.64. The molecule has 1 aliphatic heterocycles. The van der Waals surface area contributed by atoms with E-state index in [0.717, 1.165) is 54.2 Å². The van der Waals surface area contributed by atoms with Crippen molar-refractivity contribution in [3.05, 3.63) is 42.2 Å². The zero-order chi connectivity index (χ0) is 17.5. The van der Waals surface area contributed by atoms with Gasteiger partial charge in [-0.1, -0.05) is 32.0 Å². The van der Waals surface area contributed by atoms with Gasteiger partial charge in [0.2, 0.25) is 0 Å². The largest absolute Gasteiger partial charge is 0.493 e. The molecule has 25 heavy (non-hydrogen) atoms. The van der Waals surface area contributed by atoms with E-state index in [1.165, 1.54) is 0 Å². The lowest BCUT2D eigenvalue weighted by Crippen LogP contribution is -2.33. The van der Waals surface area contributed by atoms with Crippen LogP contribution in [0.2, 0.25) is 0 Å². The molecule has 134 valence electrons. The van der Waals surface area contributed by atoms with E-state index >= 15 is 0 Å². The van der Waals surface area contributed by atoms with Crippen LogP contribution in [-0.4, -0.2) is 41.2 Å². The summed E-state index contributed by atoms with van der Waals surface area (Å²) in [4.78, 5) is 11.1. The summed E-state index contributed by atoms with van der Waals surface area (Å²) in [7, 11) is 0. The summed E-state index contributed by atoms with van der Waals surface area (Å²) in [5, 5.41) is 3.41. The van der Waals surface area contributed by atoms with E-state index < -0.39 is 0 Å². The van der Waals surface area contributed by atoms with Crippen LogP contribution in [-0.2, 0) is 6.54 Å². The molecular formula is C19H26N4OS. The highest BCUT2D eigenvalue weighted by Gasteiger charge is 2.13. The average Bonchev–Trinajstić information content (AvgIpc) is 2.66. The summed E-state index contributed by atoms with van der Waals surface area (Å²) in [6, 6.07) is 10.2. The number of hydrogen-bond donors (Lipinski definition) is 1. The molecule has 2 aromatic rings. The van der Waals surface area contributed by atoms with Crippen molar-refractivity contribution in [2.75, 3.05) is 41.4 Å². The van der Waals surface area contributed by atoms with Crippen LogP contribution in [0, 0.1) is 5.92 Å². The molecule has 5 nitrogen and oxygen atoms in total. The number of anilines is 2. The van der Waals surface area contributed by atoms with Crippen molar-refractivity contribution in [2.24, 2.45) is 5.92 Å². The number of rotatable bonds is 7. The SMILES string of the molecule is CC(C)COc1ccccc1CNc1cc(N2CCSCC2)ncn1. The molecule has 6 heteroatoms. The molecule has 0 atom stereocenters. The normalized spacial score (nSPS) is 14.6. The lowest BCUT2D eigenvalue weighted by Gasteiger charge is -2.27. The van der Waals surface area contributed by atoms with Gasteiger partial charge in [0, 0.05) is 42.8 Å². The summed E-state index contributed by atoms with van der Waals surface area (Å²) in [5.41, 5.74) is 1.14. The number of nitrogens with one attached hydrogen (secondary N) is 1. The van der Waals surface area contributed by atoms with E-state index in [1.54, 1.807) is 6.33 Å². The van der Waals surface area contributed by atoms with Gasteiger partial charge in [-0.3, -0.25) is 0 Å². The Morgan fingerprint density at radius 1 is 1.20 bits per heavy atom. The molecule has 0 bridgehead atoms. The number of hydrogen-bond acceptors (Lipinski definition) is 6. The zero-order valence-electron chi connectivity index (χ0n) is 14.9. The molecule has 0 unspecified atom stereocenters. The number of benzene rings is 1. The Bertz CT molecular complexity index is 674. The lowest BCUT2D eigenvalue weighted by atomic mass is 10.2. The fraction of sp³-hybridized carbons (Fsp3) is 0.474. The summed E-state index contributed by atoms with van der Waals surface area (Å²) >= 11 is 2.00. The second-order valence-corrected chi connectivity index (χ2v) is 7.75. The molecule has 0 saturated carbocycles. The minimum Gasteiger partial charge on any atom is -0.493 e. The summed E-state index contributed by atoms with van der Waals surface area (Å²) < 4.78 is 5.92. The van der Waals surface area contributed by atoms with Crippen molar-refractivity contribution >= 4 is 23.4 Å². The molecule has 3 rings (SSSR count). The second-order valence-electron chi connectivity index (χ2n) is 6.53. The van der Waals surface area contributed by atoms with Crippen molar-refractivity contribution in [1.82, 2.24) is 9.97 Å². The Balaban J connectivity index is 1.63. The minimum absolute atomic E-state index is 0.508. The molecule has 0 aliphatic carbocycles. The van der Waals surface area contributed by atoms with Crippen LogP contribution in [0.25, 0.3) is 0 Å². The van der Waals surface area contributed by atoms with Gasteiger partial charge in [0.15, 0.2) is 0 Å². The Labute approximate surface area is 154 Å². The van der Waals surface area contributed by atoms with E-state index in [4.69, 9.17) is 4.74 Å². The topological polar surface area (TPSA) is 50.3 Å². The lowest BCUT2D eigenvalue weighted by molar-refractivity contribution is 0.269. The first-order valence-electron chi connectivity index (χ1n) is 8.81. The van der Waals surface area contributed by atoms with Crippen LogP contribution in [0.15, 0.2) is 36.7 Å². The van der Waals surface area contributed by atoms with Gasteiger partial charge in [-0.05, 0) is 12.0 Å². The van der Waals surface area contributed by atoms with Crippen LogP contribution >= 0.6 is 11.8 Å². The van der Waals surface area contributed by atoms with E-state index in [9.17, 15) is 0 Å². The molecule has 0 spiro atoms. The first-order chi connectivity index (χ1) is 12.2. The van der Waals surface area contributed by atoms with Crippen LogP contribution in [0.1, 0.15) is 19.4 Å². The first kappa shape index (κ1) is 17.9. The van der Waals surface area contributed by atoms with Crippen molar-refractivity contribution in [1.29, 1.82) is 0 Å². The number of thioether (sulfide) groups is 1. The Kier molecular flexibility index (Phi) is 6.39. The number of nitrogens with zero attached hydrogens (tertiary/aromatic N) is 3. The van der Waals surface area contributed by atoms with Gasteiger partial charge in [0.1, 0.15) is 23.7 Å². The first-order valence-corrected chi connectivity index (χ1v) is 9.97. The van der Waals surface area contributed by atoms with Crippen molar-refractivity contribution in [3.8, 4) is 5.75 Å². The summed E-state index contributed by atoms with van der Waals surface area (Å²) in [6.45, 7) is 7.81. The molecule has 1 N–H and O–H groups in total. The van der Waals surface area contributed by atoms with Gasteiger partial charge in [-0.15, -0.1) is 0 Å². The van der Waals surface area contributed by atoms with Gasteiger partial charge in [0.05, 0.1) is 6.61 Å². The van der Waals surface area contributed by atoms with E-state index in [2.05, 4.69) is 40.1 Å². The van der Waals surface area contributed by atoms with Gasteiger partial charge in [-0.2, -0.15) is 11.8 Å². The standard InChI is InChI=1S/C19H26N4OS/c1-15(2)13-24-17-6-4-3-5-16(17)12-20-18-11-19(22-14-21-18)23-7-9-25-10-8-23/h3-6,11,14-15H,7-10,12-13H2,1-2H3,(H,20,21,22). The predicted molar refractivity (Wildman–Crippen MR) is 106 cm³/mol. The molecular weight excluding hydrogens is 332 g/mol. The molecule has 1 aromatic carbocycles. The van der Waals surface area contributed by atoms with Gasteiger partial charge in [0.25, 0.3) is 0 Å². The highest BCUT2D eigenvalue weighted by molar-refractivity contribution is 7.99. The number of ether oxygens (including phenoxy) is 1. The minimum atomic E-state index is 0.508. The van der Waals surface area contributed by atoms with Gasteiger partial charge in [-0.25, -0.2) is 9.97 Å². The maximum atomic E-state index is 5.92. The highest BCUT2D eigenvalue weighted by Crippen LogP contribution is 2.22. The van der Waals surface area contributed by atoms with E-state index in [0.29, 0.717) is 12.5 Å². The van der Waals surface area contributed by atoms with Gasteiger partial charge >= 0.3 is 0 Å². The molecule has 1 aromatic heterocycles. The Hall–Kier alpha value is -1.95. The quantitative estimate of drug-likeness (QED) is 0.815. The Morgan fingerprint density at radius 2 is 2.00 bits per heavy atom. The van der Waals surface area contributed by atoms with Crippen LogP contribution in [0.5, 0.6) is 5.75 Å². The fourth-order valence-electron chi connectivity index (χ4n) is 2.64. The zero-order valence-corrected chi connectivity index (χ0v) is 15.8. The molecule has 1 aliphatic rings. The smallest absolute Gasteiger partial charge is 0.134 e. The van der Waals surface area contributed by atoms with Crippen molar-refractivity contribution in [2.45, 2.75) is 20.4 Å². The van der Waals surface area contributed by atoms with E-state index in [1.807, 2.05) is 36.0 Å². The third-order valence-electron chi connectivity index (χ3n) is 3.99. The third-order valence-corrected chi connectivity index (χ3v) is 4.93. The maximum absolute atomic E-state index is 5.92. The second kappa shape index (κ2) is 8.94. The Morgan fingerprint density at radius 3 is 2.80 bits per heavy atom. The average molecular weight is 359 g/mol. The maximum Gasteiger partial charge on any atom is 0.134 e. The fourth-order valence-corrected chi connectivity index (χ4v) is 3.55. The van der Waals surface area contributed by atoms with Crippen LogP contribution < -0.4 is 15.0 Å². The highest BCUT2D eigenvalue weighted by atomic mass is 32.2. The number of para-hydroxylation sites is 1. The molecule has 0 radical (unpaired) electrons. The molecule has 1 fully saturated rings. The number of aromatic nitrogens is 2. The monoisotopic (exact) mass is 358 g/mol. The van der Waals surface area contributed by atoms with E-state index in [-0.39, 0.29) is 0 Å². The van der Waals surface area contributed by atoms with Crippen LogP contribution in [0.4, 0.5) is 11.6 Å². The van der Waals surface area contributed by atoms with Crippen LogP contribution in [0.3, 0.4) is 0 Å². The van der Waals surface area contributed by atoms with Crippen molar-refractivity contribution in [3.63, 3.8) is 0 Å². The predicted octanol–water partition coefficient (Wildman–Crippen LogP) is 3.68. The van der Waals surface area contributed by atoms with Gasteiger partial charge < -0.3 is 15.0 Å². The molecule has 0 amide bonds.